The Balaban J connectivity index is 1.76. The highest BCUT2D eigenvalue weighted by Crippen LogP contribution is 2.47. The van der Waals surface area contributed by atoms with E-state index in [1.54, 1.807) is 11.8 Å². The Morgan fingerprint density at radius 3 is 2.64 bits per heavy atom. The van der Waals surface area contributed by atoms with Gasteiger partial charge in [0.25, 0.3) is 0 Å². The molecule has 2 saturated heterocycles. The molecule has 0 bridgehead atoms. The van der Waals surface area contributed by atoms with E-state index < -0.39 is 0 Å². The standard InChI is InChI=1S/C20H28N2O2S/c1-5-14-6-8-15(9-7-14)18(13(2)3)21-19(24)16-12-25-20(4)11-10-17(23)22(16)20/h6-9,13,16,18H,5,10-12H2,1-4H3,(H,21,24). The van der Waals surface area contributed by atoms with E-state index in [1.807, 2.05) is 4.90 Å². The molecule has 2 fully saturated rings. The molecule has 2 amide bonds. The van der Waals surface area contributed by atoms with Gasteiger partial charge >= 0.3 is 0 Å². The number of fused-ring (bicyclic) bond motifs is 1. The molecule has 0 aromatic heterocycles. The third-order valence-electron chi connectivity index (χ3n) is 5.46. The van der Waals surface area contributed by atoms with Crippen molar-refractivity contribution in [1.29, 1.82) is 0 Å². The summed E-state index contributed by atoms with van der Waals surface area (Å²) in [5.41, 5.74) is 2.42. The van der Waals surface area contributed by atoms with Crippen LogP contribution in [0.5, 0.6) is 0 Å². The molecule has 0 radical (unpaired) electrons. The molecule has 0 spiro atoms. The Morgan fingerprint density at radius 1 is 1.36 bits per heavy atom. The van der Waals surface area contributed by atoms with Crippen molar-refractivity contribution in [2.75, 3.05) is 5.75 Å². The highest BCUT2D eigenvalue weighted by molar-refractivity contribution is 8.01. The van der Waals surface area contributed by atoms with Crippen LogP contribution in [0.15, 0.2) is 24.3 Å². The van der Waals surface area contributed by atoms with Crippen LogP contribution in [0, 0.1) is 5.92 Å². The van der Waals surface area contributed by atoms with E-state index in [2.05, 4.69) is 57.3 Å². The fourth-order valence-electron chi connectivity index (χ4n) is 3.86. The molecule has 1 aromatic rings. The molecule has 0 aliphatic carbocycles. The molecule has 3 atom stereocenters. The number of aryl methyl sites for hydroxylation is 1. The maximum absolute atomic E-state index is 13.0. The molecule has 4 nitrogen and oxygen atoms in total. The van der Waals surface area contributed by atoms with Crippen molar-refractivity contribution in [1.82, 2.24) is 10.2 Å². The second-order valence-corrected chi connectivity index (χ2v) is 9.09. The minimum absolute atomic E-state index is 0.0234. The van der Waals surface area contributed by atoms with Gasteiger partial charge in [0, 0.05) is 12.2 Å². The summed E-state index contributed by atoms with van der Waals surface area (Å²) in [6, 6.07) is 8.10. The average molecular weight is 361 g/mol. The maximum Gasteiger partial charge on any atom is 0.244 e. The van der Waals surface area contributed by atoms with Crippen LogP contribution in [0.4, 0.5) is 0 Å². The van der Waals surface area contributed by atoms with Gasteiger partial charge in [-0.15, -0.1) is 11.8 Å². The summed E-state index contributed by atoms with van der Waals surface area (Å²) >= 11 is 1.74. The quantitative estimate of drug-likeness (QED) is 0.874. The molecule has 1 N–H and O–H groups in total. The zero-order valence-corrected chi connectivity index (χ0v) is 16.4. The van der Waals surface area contributed by atoms with Gasteiger partial charge in [-0.25, -0.2) is 0 Å². The molecule has 1 aromatic carbocycles. The van der Waals surface area contributed by atoms with Crippen molar-refractivity contribution < 1.29 is 9.59 Å². The van der Waals surface area contributed by atoms with Crippen LogP contribution >= 0.6 is 11.8 Å². The van der Waals surface area contributed by atoms with Crippen LogP contribution in [-0.4, -0.2) is 33.4 Å². The fourth-order valence-corrected chi connectivity index (χ4v) is 5.29. The molecule has 25 heavy (non-hydrogen) atoms. The van der Waals surface area contributed by atoms with Crippen molar-refractivity contribution in [3.05, 3.63) is 35.4 Å². The van der Waals surface area contributed by atoms with Crippen LogP contribution in [0.3, 0.4) is 0 Å². The zero-order valence-electron chi connectivity index (χ0n) is 15.5. The Morgan fingerprint density at radius 2 is 2.04 bits per heavy atom. The van der Waals surface area contributed by atoms with Crippen LogP contribution < -0.4 is 5.32 Å². The van der Waals surface area contributed by atoms with Crippen molar-refractivity contribution in [3.63, 3.8) is 0 Å². The second-order valence-electron chi connectivity index (χ2n) is 7.59. The predicted molar refractivity (Wildman–Crippen MR) is 102 cm³/mol. The lowest BCUT2D eigenvalue weighted by molar-refractivity contribution is -0.138. The number of benzene rings is 1. The van der Waals surface area contributed by atoms with Crippen molar-refractivity contribution >= 4 is 23.6 Å². The van der Waals surface area contributed by atoms with Crippen LogP contribution in [0.2, 0.25) is 0 Å². The molecule has 2 heterocycles. The summed E-state index contributed by atoms with van der Waals surface area (Å²) in [5.74, 6) is 1.06. The Kier molecular flexibility index (Phi) is 5.14. The lowest BCUT2D eigenvalue weighted by Gasteiger charge is -2.31. The number of thioether (sulfide) groups is 1. The molecule has 2 aliphatic heterocycles. The number of carbonyl (C=O) groups is 2. The van der Waals surface area contributed by atoms with Gasteiger partial charge in [0.05, 0.1) is 10.9 Å². The minimum atomic E-state index is -0.346. The smallest absolute Gasteiger partial charge is 0.244 e. The highest BCUT2D eigenvalue weighted by atomic mass is 32.2. The van der Waals surface area contributed by atoms with Gasteiger partial charge in [0.2, 0.25) is 11.8 Å². The number of nitrogens with one attached hydrogen (secondary N) is 1. The summed E-state index contributed by atoms with van der Waals surface area (Å²) in [6.07, 6.45) is 2.40. The molecule has 3 unspecified atom stereocenters. The number of hydrogen-bond acceptors (Lipinski definition) is 3. The first-order chi connectivity index (χ1) is 11.9. The monoisotopic (exact) mass is 360 g/mol. The molecule has 136 valence electrons. The number of amides is 2. The van der Waals surface area contributed by atoms with E-state index in [4.69, 9.17) is 0 Å². The minimum Gasteiger partial charge on any atom is -0.347 e. The first-order valence-corrected chi connectivity index (χ1v) is 10.2. The highest BCUT2D eigenvalue weighted by Gasteiger charge is 2.53. The van der Waals surface area contributed by atoms with Crippen LogP contribution in [0.1, 0.15) is 57.7 Å². The molecule has 0 saturated carbocycles. The number of nitrogens with zero attached hydrogens (tertiary/aromatic N) is 1. The van der Waals surface area contributed by atoms with Gasteiger partial charge in [-0.3, -0.25) is 9.59 Å². The van der Waals surface area contributed by atoms with Gasteiger partial charge in [0.15, 0.2) is 0 Å². The predicted octanol–water partition coefficient (Wildman–Crippen LogP) is 3.52. The third kappa shape index (κ3) is 3.43. The van der Waals surface area contributed by atoms with Crippen LogP contribution in [-0.2, 0) is 16.0 Å². The van der Waals surface area contributed by atoms with E-state index in [9.17, 15) is 9.59 Å². The van der Waals surface area contributed by atoms with Crippen LogP contribution in [0.25, 0.3) is 0 Å². The van der Waals surface area contributed by atoms with Crippen molar-refractivity contribution in [3.8, 4) is 0 Å². The third-order valence-corrected chi connectivity index (χ3v) is 6.96. The second kappa shape index (κ2) is 7.02. The lowest BCUT2D eigenvalue weighted by Crippen LogP contribution is -2.51. The molecule has 5 heteroatoms. The number of hydrogen-bond donors (Lipinski definition) is 1. The number of carbonyl (C=O) groups excluding carboxylic acids is 2. The Bertz CT molecular complexity index is 658. The summed E-state index contributed by atoms with van der Waals surface area (Å²) in [4.78, 5) is 26.9. The van der Waals surface area contributed by atoms with Gasteiger partial charge in [-0.05, 0) is 36.8 Å². The van der Waals surface area contributed by atoms with Gasteiger partial charge in [-0.2, -0.15) is 0 Å². The molecule has 2 aliphatic rings. The van der Waals surface area contributed by atoms with Crippen molar-refractivity contribution in [2.24, 2.45) is 5.92 Å². The maximum atomic E-state index is 13.0. The average Bonchev–Trinajstić information content (AvgIpc) is 3.09. The van der Waals surface area contributed by atoms with Gasteiger partial charge in [-0.1, -0.05) is 45.0 Å². The molecule has 3 rings (SSSR count). The number of rotatable bonds is 5. The first-order valence-electron chi connectivity index (χ1n) is 9.21. The summed E-state index contributed by atoms with van der Waals surface area (Å²) in [5, 5.41) is 3.22. The van der Waals surface area contributed by atoms with Crippen molar-refractivity contribution in [2.45, 2.75) is 63.9 Å². The van der Waals surface area contributed by atoms with E-state index in [1.165, 1.54) is 5.56 Å². The topological polar surface area (TPSA) is 49.4 Å². The zero-order chi connectivity index (χ0) is 18.2. The molecular weight excluding hydrogens is 332 g/mol. The lowest BCUT2D eigenvalue weighted by atomic mass is 9.94. The van der Waals surface area contributed by atoms with Gasteiger partial charge in [0.1, 0.15) is 6.04 Å². The Labute approximate surface area is 154 Å². The molecular formula is C20H28N2O2S. The summed E-state index contributed by atoms with van der Waals surface area (Å²) in [6.45, 7) is 8.46. The van der Waals surface area contributed by atoms with E-state index >= 15 is 0 Å². The normalized spacial score (nSPS) is 26.8. The summed E-state index contributed by atoms with van der Waals surface area (Å²) in [7, 11) is 0. The Hall–Kier alpha value is -1.49. The van der Waals surface area contributed by atoms with E-state index in [0.717, 1.165) is 18.4 Å². The summed E-state index contributed by atoms with van der Waals surface area (Å²) < 4.78 is 0. The van der Waals surface area contributed by atoms with E-state index in [-0.39, 0.29) is 34.7 Å². The van der Waals surface area contributed by atoms with Gasteiger partial charge < -0.3 is 10.2 Å². The largest absolute Gasteiger partial charge is 0.347 e. The fraction of sp³-hybridized carbons (Fsp3) is 0.600. The van der Waals surface area contributed by atoms with E-state index in [0.29, 0.717) is 12.2 Å². The first kappa shape index (κ1) is 18.3. The SMILES string of the molecule is CCc1ccc(C(NC(=O)C2CSC3(C)CCC(=O)N23)C(C)C)cc1.